The first kappa shape index (κ1) is 53.9. The smallest absolute Gasteiger partial charge is 0.306 e. The van der Waals surface area contributed by atoms with E-state index in [-0.39, 0.29) is 18.9 Å². The molecule has 12 heteroatoms. The van der Waals surface area contributed by atoms with Crippen molar-refractivity contribution < 1.29 is 59.1 Å². The Bertz CT molecular complexity index is 1030. The van der Waals surface area contributed by atoms with Crippen LogP contribution in [0.4, 0.5) is 0 Å². The summed E-state index contributed by atoms with van der Waals surface area (Å²) in [6.45, 7) is 9.34. The van der Waals surface area contributed by atoms with Crippen molar-refractivity contribution in [2.24, 2.45) is 11.8 Å². The van der Waals surface area contributed by atoms with Gasteiger partial charge in [-0.05, 0) is 37.5 Å². The monoisotopic (exact) mass is 845 g/mol. The summed E-state index contributed by atoms with van der Waals surface area (Å²) in [6.07, 6.45) is 17.6. The molecule has 0 amide bonds. The van der Waals surface area contributed by atoms with Crippen LogP contribution < -0.4 is 0 Å². The van der Waals surface area contributed by atoms with Gasteiger partial charge in [0.15, 0.2) is 12.4 Å². The quantitative estimate of drug-likeness (QED) is 0.0205. The molecule has 0 aromatic rings. The Kier molecular flexibility index (Phi) is 30.5. The van der Waals surface area contributed by atoms with Crippen molar-refractivity contribution in [3.05, 3.63) is 12.7 Å². The molecule has 0 saturated carbocycles. The van der Waals surface area contributed by atoms with Gasteiger partial charge in [-0.3, -0.25) is 4.79 Å². The van der Waals surface area contributed by atoms with Gasteiger partial charge in [-0.1, -0.05) is 162 Å². The SMILES string of the molecule is C=CCCCCCCCCCCC[C@H](C)C[C@H](C)COC1C(OC(=O)CCCCCCCCCCCCCCC)[C@@H](O[C@H]2OC(CO)[C@@H](O)C(O)C2O)OC(CO)[C@H]1O. The number of carbonyl (C=O) groups excluding carboxylic acids is 1. The molecule has 12 nitrogen and oxygen atoms in total. The van der Waals surface area contributed by atoms with Crippen molar-refractivity contribution in [3.8, 4) is 0 Å². The zero-order valence-electron chi connectivity index (χ0n) is 37.4. The van der Waals surface area contributed by atoms with Gasteiger partial charge < -0.3 is 54.3 Å². The summed E-state index contributed by atoms with van der Waals surface area (Å²) in [5, 5.41) is 62.7. The minimum Gasteiger partial charge on any atom is -0.454 e. The van der Waals surface area contributed by atoms with Crippen LogP contribution in [0.5, 0.6) is 0 Å². The van der Waals surface area contributed by atoms with Gasteiger partial charge in [-0.25, -0.2) is 0 Å². The lowest BCUT2D eigenvalue weighted by atomic mass is 9.92. The number of ether oxygens (including phenoxy) is 5. The Morgan fingerprint density at radius 3 is 1.64 bits per heavy atom. The van der Waals surface area contributed by atoms with E-state index in [1.54, 1.807) is 0 Å². The lowest BCUT2D eigenvalue weighted by Gasteiger charge is -2.46. The van der Waals surface area contributed by atoms with Gasteiger partial charge in [0.25, 0.3) is 0 Å². The second-order valence-corrected chi connectivity index (χ2v) is 17.8. The molecule has 2 fully saturated rings. The topological polar surface area (TPSA) is 185 Å². The zero-order chi connectivity index (χ0) is 43.3. The van der Waals surface area contributed by atoms with Crippen molar-refractivity contribution in [1.82, 2.24) is 0 Å². The minimum atomic E-state index is -1.74. The van der Waals surface area contributed by atoms with E-state index in [1.807, 2.05) is 6.08 Å². The predicted octanol–water partition coefficient (Wildman–Crippen LogP) is 7.80. The summed E-state index contributed by atoms with van der Waals surface area (Å²) >= 11 is 0. The molecule has 2 rings (SSSR count). The lowest BCUT2D eigenvalue weighted by molar-refractivity contribution is -0.379. The molecule has 2 heterocycles. The highest BCUT2D eigenvalue weighted by atomic mass is 16.8. The van der Waals surface area contributed by atoms with E-state index in [0.717, 1.165) is 38.5 Å². The molecule has 59 heavy (non-hydrogen) atoms. The van der Waals surface area contributed by atoms with Gasteiger partial charge in [-0.2, -0.15) is 0 Å². The molecule has 348 valence electrons. The summed E-state index contributed by atoms with van der Waals surface area (Å²) in [5.41, 5.74) is 0. The molecule has 0 aromatic carbocycles. The van der Waals surface area contributed by atoms with E-state index in [9.17, 15) is 35.4 Å². The average Bonchev–Trinajstić information content (AvgIpc) is 3.22. The van der Waals surface area contributed by atoms with E-state index >= 15 is 0 Å². The number of hydrogen-bond acceptors (Lipinski definition) is 12. The van der Waals surface area contributed by atoms with E-state index in [1.165, 1.54) is 116 Å². The lowest BCUT2D eigenvalue weighted by Crippen LogP contribution is -2.65. The Morgan fingerprint density at radius 2 is 1.10 bits per heavy atom. The highest BCUT2D eigenvalue weighted by Crippen LogP contribution is 2.32. The van der Waals surface area contributed by atoms with Crippen molar-refractivity contribution >= 4 is 5.97 Å². The minimum absolute atomic E-state index is 0.112. The van der Waals surface area contributed by atoms with Crippen LogP contribution in [0.15, 0.2) is 12.7 Å². The average molecular weight is 845 g/mol. The maximum Gasteiger partial charge on any atom is 0.306 e. The van der Waals surface area contributed by atoms with Crippen molar-refractivity contribution in [1.29, 1.82) is 0 Å². The van der Waals surface area contributed by atoms with E-state index in [0.29, 0.717) is 12.3 Å². The maximum absolute atomic E-state index is 13.3. The fraction of sp³-hybridized carbons (Fsp3) is 0.936. The number of esters is 1. The molecule has 0 bridgehead atoms. The van der Waals surface area contributed by atoms with Crippen LogP contribution >= 0.6 is 0 Å². The third-order valence-electron chi connectivity index (χ3n) is 12.2. The molecule has 0 aliphatic carbocycles. The van der Waals surface area contributed by atoms with Crippen LogP contribution in [0.25, 0.3) is 0 Å². The Balaban J connectivity index is 1.93. The zero-order valence-corrected chi connectivity index (χ0v) is 37.4. The van der Waals surface area contributed by atoms with Gasteiger partial charge in [-0.15, -0.1) is 6.58 Å². The largest absolute Gasteiger partial charge is 0.454 e. The van der Waals surface area contributed by atoms with Crippen molar-refractivity contribution in [2.45, 2.75) is 249 Å². The van der Waals surface area contributed by atoms with E-state index in [2.05, 4.69) is 27.4 Å². The van der Waals surface area contributed by atoms with Gasteiger partial charge in [0.05, 0.1) is 13.2 Å². The number of hydrogen-bond donors (Lipinski definition) is 6. The Labute approximate surface area is 357 Å². The van der Waals surface area contributed by atoms with Crippen LogP contribution in [0.1, 0.15) is 188 Å². The molecule has 6 unspecified atom stereocenters. The molecule has 2 aliphatic rings. The standard InChI is InChI=1S/C47H88O12/c1-5-7-9-11-13-15-17-18-20-22-24-26-28-30-39(50)58-45-44(55-34-36(4)31-35(3)29-27-25-23-21-19-16-14-12-10-8-6-2)41(52)38(33-49)57-47(45)59-46-43(54)42(53)40(51)37(32-48)56-46/h6,35-38,40-49,51-54H,2,5,7-34H2,1,3-4H3/t35-,36-,37?,38?,40+,41+,42?,43?,44?,45?,46+,47+/m0/s1. The molecule has 0 spiro atoms. The van der Waals surface area contributed by atoms with Crippen molar-refractivity contribution in [2.75, 3.05) is 19.8 Å². The highest BCUT2D eigenvalue weighted by molar-refractivity contribution is 5.69. The van der Waals surface area contributed by atoms with Crippen LogP contribution in [0, 0.1) is 11.8 Å². The fourth-order valence-electron chi connectivity index (χ4n) is 8.44. The molecule has 6 N–H and O–H groups in total. The molecule has 0 radical (unpaired) electrons. The summed E-state index contributed by atoms with van der Waals surface area (Å²) in [6, 6.07) is 0. The molecule has 0 aromatic heterocycles. The second-order valence-electron chi connectivity index (χ2n) is 17.8. The molecular formula is C47H88O12. The first-order valence-corrected chi connectivity index (χ1v) is 23.9. The summed E-state index contributed by atoms with van der Waals surface area (Å²) in [5.74, 6) is 0.0534. The molecule has 2 saturated heterocycles. The van der Waals surface area contributed by atoms with Gasteiger partial charge in [0.1, 0.15) is 42.7 Å². The normalized spacial score (nSPS) is 28.4. The van der Waals surface area contributed by atoms with Gasteiger partial charge in [0.2, 0.25) is 6.29 Å². The molecular weight excluding hydrogens is 757 g/mol. The number of aliphatic hydroxyl groups is 6. The number of allylic oxidation sites excluding steroid dienone is 1. The first-order chi connectivity index (χ1) is 28.6. The third kappa shape index (κ3) is 22.1. The summed E-state index contributed by atoms with van der Waals surface area (Å²) in [7, 11) is 0. The first-order valence-electron chi connectivity index (χ1n) is 23.9. The Hall–Kier alpha value is -1.19. The number of aliphatic hydroxyl groups excluding tert-OH is 6. The van der Waals surface area contributed by atoms with Gasteiger partial charge >= 0.3 is 5.97 Å². The maximum atomic E-state index is 13.3. The molecule has 2 aliphatic heterocycles. The number of carbonyl (C=O) groups is 1. The summed E-state index contributed by atoms with van der Waals surface area (Å²) < 4.78 is 29.7. The van der Waals surface area contributed by atoms with Crippen LogP contribution in [-0.2, 0) is 28.5 Å². The van der Waals surface area contributed by atoms with Crippen LogP contribution in [0.2, 0.25) is 0 Å². The Morgan fingerprint density at radius 1 is 0.610 bits per heavy atom. The van der Waals surface area contributed by atoms with Crippen molar-refractivity contribution in [3.63, 3.8) is 0 Å². The summed E-state index contributed by atoms with van der Waals surface area (Å²) in [4.78, 5) is 13.3. The predicted molar refractivity (Wildman–Crippen MR) is 230 cm³/mol. The van der Waals surface area contributed by atoms with E-state index < -0.39 is 80.6 Å². The number of rotatable bonds is 36. The molecule has 12 atom stereocenters. The van der Waals surface area contributed by atoms with E-state index in [4.69, 9.17) is 23.7 Å². The highest BCUT2D eigenvalue weighted by Gasteiger charge is 2.52. The van der Waals surface area contributed by atoms with Gasteiger partial charge in [0, 0.05) is 13.0 Å². The van der Waals surface area contributed by atoms with Crippen LogP contribution in [0.3, 0.4) is 0 Å². The number of unbranched alkanes of at least 4 members (excludes halogenated alkanes) is 21. The fourth-order valence-corrected chi connectivity index (χ4v) is 8.44. The van der Waals surface area contributed by atoms with Crippen LogP contribution in [-0.4, -0.2) is 118 Å². The second kappa shape index (κ2) is 33.4. The third-order valence-corrected chi connectivity index (χ3v) is 12.2.